The van der Waals surface area contributed by atoms with Gasteiger partial charge in [0, 0.05) is 25.3 Å². The molecule has 1 amide bonds. The molecule has 0 spiro atoms. The van der Waals surface area contributed by atoms with Gasteiger partial charge in [0.25, 0.3) is 0 Å². The molecule has 6 heteroatoms. The summed E-state index contributed by atoms with van der Waals surface area (Å²) in [5.74, 6) is -0.279. The van der Waals surface area contributed by atoms with Crippen molar-refractivity contribution in [3.8, 4) is 0 Å². The topological polar surface area (TPSA) is 67.9 Å². The van der Waals surface area contributed by atoms with Gasteiger partial charge in [-0.05, 0) is 25.7 Å². The molecule has 120 valence electrons. The average Bonchev–Trinajstić information content (AvgIpc) is 3.01. The van der Waals surface area contributed by atoms with Gasteiger partial charge < -0.3 is 14.8 Å². The molecule has 1 heterocycles. The molecule has 1 saturated carbocycles. The fraction of sp³-hybridized carbons (Fsp3) is 0.867. The SMILES string of the molecule is COC(=O)CN(CC(=O)NC1CCOCC1)C1CCCC1. The first-order valence-corrected chi connectivity index (χ1v) is 7.87. The van der Waals surface area contributed by atoms with E-state index in [9.17, 15) is 9.59 Å². The van der Waals surface area contributed by atoms with Gasteiger partial charge in [-0.3, -0.25) is 14.5 Å². The Labute approximate surface area is 126 Å². The molecule has 0 aromatic heterocycles. The van der Waals surface area contributed by atoms with E-state index in [1.54, 1.807) is 0 Å². The zero-order valence-electron chi connectivity index (χ0n) is 12.8. The third kappa shape index (κ3) is 5.28. The molecule has 0 bridgehead atoms. The molecule has 1 aliphatic carbocycles. The van der Waals surface area contributed by atoms with E-state index in [2.05, 4.69) is 5.32 Å². The van der Waals surface area contributed by atoms with Gasteiger partial charge in [-0.1, -0.05) is 12.8 Å². The number of methoxy groups -OCH3 is 1. The van der Waals surface area contributed by atoms with Crippen LogP contribution in [0.3, 0.4) is 0 Å². The Bertz CT molecular complexity index is 350. The van der Waals surface area contributed by atoms with Crippen molar-refractivity contribution >= 4 is 11.9 Å². The second kappa shape index (κ2) is 8.34. The Hall–Kier alpha value is -1.14. The molecule has 6 nitrogen and oxygen atoms in total. The predicted molar refractivity (Wildman–Crippen MR) is 77.8 cm³/mol. The van der Waals surface area contributed by atoms with Crippen molar-refractivity contribution in [2.45, 2.75) is 50.6 Å². The van der Waals surface area contributed by atoms with Crippen LogP contribution in [-0.4, -0.2) is 62.3 Å². The first-order chi connectivity index (χ1) is 10.2. The summed E-state index contributed by atoms with van der Waals surface area (Å²) in [6, 6.07) is 0.527. The summed E-state index contributed by atoms with van der Waals surface area (Å²) in [4.78, 5) is 25.7. The molecule has 2 fully saturated rings. The number of carbonyl (C=O) groups excluding carboxylic acids is 2. The molecule has 2 rings (SSSR count). The number of ether oxygens (including phenoxy) is 2. The number of esters is 1. The number of carbonyl (C=O) groups is 2. The van der Waals surface area contributed by atoms with E-state index in [0.29, 0.717) is 19.3 Å². The zero-order valence-corrected chi connectivity index (χ0v) is 12.8. The molecule has 1 aliphatic heterocycles. The third-order valence-corrected chi connectivity index (χ3v) is 4.33. The van der Waals surface area contributed by atoms with Gasteiger partial charge >= 0.3 is 5.97 Å². The van der Waals surface area contributed by atoms with Crippen LogP contribution in [0.4, 0.5) is 0 Å². The second-order valence-corrected chi connectivity index (χ2v) is 5.87. The Balaban J connectivity index is 1.83. The minimum atomic E-state index is -0.277. The molecule has 1 N–H and O–H groups in total. The lowest BCUT2D eigenvalue weighted by Crippen LogP contribution is -2.48. The van der Waals surface area contributed by atoms with Crippen molar-refractivity contribution in [2.24, 2.45) is 0 Å². The molecular formula is C15H26N2O4. The van der Waals surface area contributed by atoms with E-state index in [1.165, 1.54) is 20.0 Å². The lowest BCUT2D eigenvalue weighted by atomic mass is 10.1. The quantitative estimate of drug-likeness (QED) is 0.731. The van der Waals surface area contributed by atoms with E-state index in [1.807, 2.05) is 4.90 Å². The Morgan fingerprint density at radius 3 is 2.43 bits per heavy atom. The molecule has 2 aliphatic rings. The van der Waals surface area contributed by atoms with Crippen LogP contribution in [-0.2, 0) is 19.1 Å². The summed E-state index contributed by atoms with van der Waals surface area (Å²) < 4.78 is 10.0. The number of rotatable bonds is 6. The van der Waals surface area contributed by atoms with Crippen molar-refractivity contribution in [2.75, 3.05) is 33.4 Å². The summed E-state index contributed by atoms with van der Waals surface area (Å²) in [5.41, 5.74) is 0. The molecule has 0 aromatic rings. The van der Waals surface area contributed by atoms with Gasteiger partial charge in [-0.2, -0.15) is 0 Å². The monoisotopic (exact) mass is 298 g/mol. The summed E-state index contributed by atoms with van der Waals surface area (Å²) in [6.07, 6.45) is 6.19. The lowest BCUT2D eigenvalue weighted by molar-refractivity contribution is -0.143. The van der Waals surface area contributed by atoms with Crippen LogP contribution in [0.15, 0.2) is 0 Å². The van der Waals surface area contributed by atoms with E-state index >= 15 is 0 Å². The standard InChI is InChI=1S/C15H26N2O4/c1-20-15(19)11-17(13-4-2-3-5-13)10-14(18)16-12-6-8-21-9-7-12/h12-13H,2-11H2,1H3,(H,16,18). The maximum Gasteiger partial charge on any atom is 0.319 e. The zero-order chi connectivity index (χ0) is 15.1. The van der Waals surface area contributed by atoms with Crippen molar-refractivity contribution in [1.29, 1.82) is 0 Å². The van der Waals surface area contributed by atoms with Crippen molar-refractivity contribution < 1.29 is 19.1 Å². The smallest absolute Gasteiger partial charge is 0.319 e. The number of amides is 1. The molecule has 0 radical (unpaired) electrons. The highest BCUT2D eigenvalue weighted by Crippen LogP contribution is 2.23. The van der Waals surface area contributed by atoms with Crippen LogP contribution < -0.4 is 5.32 Å². The predicted octanol–water partition coefficient (Wildman–Crippen LogP) is 0.699. The minimum absolute atomic E-state index is 0.00213. The molecule has 0 unspecified atom stereocenters. The van der Waals surface area contributed by atoms with E-state index in [0.717, 1.165) is 25.7 Å². The van der Waals surface area contributed by atoms with Crippen LogP contribution >= 0.6 is 0 Å². The van der Waals surface area contributed by atoms with Crippen LogP contribution in [0, 0.1) is 0 Å². The van der Waals surface area contributed by atoms with Gasteiger partial charge in [0.15, 0.2) is 0 Å². The molecular weight excluding hydrogens is 272 g/mol. The second-order valence-electron chi connectivity index (χ2n) is 5.87. The van der Waals surface area contributed by atoms with Crippen molar-refractivity contribution in [1.82, 2.24) is 10.2 Å². The van der Waals surface area contributed by atoms with Gasteiger partial charge in [0.1, 0.15) is 0 Å². The first-order valence-electron chi connectivity index (χ1n) is 7.87. The van der Waals surface area contributed by atoms with Crippen LogP contribution in [0.2, 0.25) is 0 Å². The molecule has 0 atom stereocenters. The number of hydrogen-bond donors (Lipinski definition) is 1. The molecule has 1 saturated heterocycles. The fourth-order valence-corrected chi connectivity index (χ4v) is 3.11. The van der Waals surface area contributed by atoms with Crippen LogP contribution in [0.25, 0.3) is 0 Å². The molecule has 21 heavy (non-hydrogen) atoms. The largest absolute Gasteiger partial charge is 0.468 e. The first kappa shape index (κ1) is 16.2. The van der Waals surface area contributed by atoms with E-state index in [-0.39, 0.29) is 31.0 Å². The summed E-state index contributed by atoms with van der Waals surface area (Å²) >= 11 is 0. The summed E-state index contributed by atoms with van der Waals surface area (Å²) in [7, 11) is 1.39. The number of nitrogens with zero attached hydrogens (tertiary/aromatic N) is 1. The fourth-order valence-electron chi connectivity index (χ4n) is 3.11. The van der Waals surface area contributed by atoms with Gasteiger partial charge in [0.05, 0.1) is 20.2 Å². The van der Waals surface area contributed by atoms with Gasteiger partial charge in [0.2, 0.25) is 5.91 Å². The third-order valence-electron chi connectivity index (χ3n) is 4.33. The number of nitrogens with one attached hydrogen (secondary N) is 1. The van der Waals surface area contributed by atoms with Crippen LogP contribution in [0.5, 0.6) is 0 Å². The summed E-state index contributed by atoms with van der Waals surface area (Å²) in [5, 5.41) is 3.05. The van der Waals surface area contributed by atoms with Crippen molar-refractivity contribution in [3.05, 3.63) is 0 Å². The van der Waals surface area contributed by atoms with Gasteiger partial charge in [-0.25, -0.2) is 0 Å². The Kier molecular flexibility index (Phi) is 6.45. The minimum Gasteiger partial charge on any atom is -0.468 e. The van der Waals surface area contributed by atoms with E-state index in [4.69, 9.17) is 9.47 Å². The molecule has 0 aromatic carbocycles. The van der Waals surface area contributed by atoms with Crippen LogP contribution in [0.1, 0.15) is 38.5 Å². The average molecular weight is 298 g/mol. The maximum absolute atomic E-state index is 12.2. The van der Waals surface area contributed by atoms with E-state index < -0.39 is 0 Å². The lowest BCUT2D eigenvalue weighted by Gasteiger charge is -2.29. The highest BCUT2D eigenvalue weighted by Gasteiger charge is 2.27. The Morgan fingerprint density at radius 2 is 1.81 bits per heavy atom. The van der Waals surface area contributed by atoms with Gasteiger partial charge in [-0.15, -0.1) is 0 Å². The highest BCUT2D eigenvalue weighted by molar-refractivity contribution is 5.79. The Morgan fingerprint density at radius 1 is 1.14 bits per heavy atom. The highest BCUT2D eigenvalue weighted by atomic mass is 16.5. The van der Waals surface area contributed by atoms with Crippen molar-refractivity contribution in [3.63, 3.8) is 0 Å². The summed E-state index contributed by atoms with van der Waals surface area (Å²) in [6.45, 7) is 1.89. The normalized spacial score (nSPS) is 20.7. The maximum atomic E-state index is 12.2. The number of hydrogen-bond acceptors (Lipinski definition) is 5.